The molecule has 1 aromatic heterocycles. The number of nitrogens with one attached hydrogen (secondary N) is 1. The van der Waals surface area contributed by atoms with Crippen LogP contribution in [-0.4, -0.2) is 22.3 Å². The second-order valence-corrected chi connectivity index (χ2v) is 8.18. The van der Waals surface area contributed by atoms with Gasteiger partial charge in [-0.3, -0.25) is 9.48 Å². The van der Waals surface area contributed by atoms with Crippen LogP contribution in [0.5, 0.6) is 5.75 Å². The van der Waals surface area contributed by atoms with Crippen molar-refractivity contribution < 1.29 is 9.53 Å². The summed E-state index contributed by atoms with van der Waals surface area (Å²) in [5.74, 6) is 0.741. The highest BCUT2D eigenvalue weighted by molar-refractivity contribution is 6.30. The van der Waals surface area contributed by atoms with Crippen LogP contribution in [0.25, 0.3) is 6.08 Å². The van der Waals surface area contributed by atoms with Gasteiger partial charge in [-0.05, 0) is 49.1 Å². The summed E-state index contributed by atoms with van der Waals surface area (Å²) < 4.78 is 7.78. The molecule has 1 N–H and O–H groups in total. The molecule has 0 fully saturated rings. The molecule has 5 nitrogen and oxygen atoms in total. The SMILES string of the molecule is O=C(NC1CCCc2c1cnn2Cc1ccc(Cl)cc1)C1=Cc2ccccc2OC1. The van der Waals surface area contributed by atoms with Crippen LogP contribution in [0.1, 0.15) is 41.3 Å². The van der Waals surface area contributed by atoms with Gasteiger partial charge in [0.1, 0.15) is 12.4 Å². The molecule has 1 amide bonds. The molecule has 152 valence electrons. The van der Waals surface area contributed by atoms with Crippen LogP contribution in [0.2, 0.25) is 5.02 Å². The minimum Gasteiger partial charge on any atom is -0.488 e. The Balaban J connectivity index is 1.33. The largest absolute Gasteiger partial charge is 0.488 e. The maximum atomic E-state index is 12.9. The van der Waals surface area contributed by atoms with E-state index in [4.69, 9.17) is 16.3 Å². The summed E-state index contributed by atoms with van der Waals surface area (Å²) in [5.41, 5.74) is 5.05. The minimum absolute atomic E-state index is 0.0294. The fraction of sp³-hybridized carbons (Fsp3) is 0.250. The second kappa shape index (κ2) is 8.00. The molecule has 6 heteroatoms. The summed E-state index contributed by atoms with van der Waals surface area (Å²) >= 11 is 5.99. The fourth-order valence-electron chi connectivity index (χ4n) is 4.17. The first-order valence-corrected chi connectivity index (χ1v) is 10.6. The molecule has 1 atom stereocenters. The Bertz CT molecular complexity index is 1120. The summed E-state index contributed by atoms with van der Waals surface area (Å²) in [4.78, 5) is 12.9. The molecule has 2 aliphatic rings. The molecule has 2 heterocycles. The third kappa shape index (κ3) is 3.73. The number of nitrogens with zero attached hydrogens (tertiary/aromatic N) is 2. The molecular weight excluding hydrogens is 398 g/mol. The number of fused-ring (bicyclic) bond motifs is 2. The van der Waals surface area contributed by atoms with E-state index in [1.165, 1.54) is 5.69 Å². The number of hydrogen-bond donors (Lipinski definition) is 1. The van der Waals surface area contributed by atoms with Crippen molar-refractivity contribution in [2.45, 2.75) is 31.8 Å². The number of rotatable bonds is 4. The molecule has 0 spiro atoms. The Hall–Kier alpha value is -3.05. The van der Waals surface area contributed by atoms with Crippen molar-refractivity contribution in [2.24, 2.45) is 0 Å². The summed E-state index contributed by atoms with van der Waals surface area (Å²) in [6.45, 7) is 0.987. The molecule has 5 rings (SSSR count). The molecule has 1 unspecified atom stereocenters. The summed E-state index contributed by atoms with van der Waals surface area (Å²) in [7, 11) is 0. The molecule has 0 saturated heterocycles. The standard InChI is InChI=1S/C24H22ClN3O2/c25-19-10-8-16(9-11-19)14-28-22-6-3-5-21(20(22)13-26-28)27-24(29)18-12-17-4-1-2-7-23(17)30-15-18/h1-2,4,7-13,21H,3,5-6,14-15H2,(H,27,29). The summed E-state index contributed by atoms with van der Waals surface area (Å²) in [5, 5.41) is 8.54. The van der Waals surface area contributed by atoms with E-state index in [0.717, 1.165) is 46.7 Å². The van der Waals surface area contributed by atoms with Gasteiger partial charge in [-0.15, -0.1) is 0 Å². The number of carbonyl (C=O) groups is 1. The van der Waals surface area contributed by atoms with Gasteiger partial charge in [0.2, 0.25) is 0 Å². The average molecular weight is 420 g/mol. The van der Waals surface area contributed by atoms with E-state index < -0.39 is 0 Å². The number of aromatic nitrogens is 2. The molecule has 3 aromatic rings. The number of amides is 1. The Kier molecular flexibility index (Phi) is 5.05. The molecule has 1 aliphatic heterocycles. The highest BCUT2D eigenvalue weighted by Gasteiger charge is 2.27. The third-order valence-corrected chi connectivity index (χ3v) is 5.99. The lowest BCUT2D eigenvalue weighted by Crippen LogP contribution is -2.34. The normalized spacial score (nSPS) is 17.4. The van der Waals surface area contributed by atoms with Crippen LogP contribution < -0.4 is 10.1 Å². The van der Waals surface area contributed by atoms with Crippen molar-refractivity contribution in [3.63, 3.8) is 0 Å². The van der Waals surface area contributed by atoms with Crippen molar-refractivity contribution in [3.8, 4) is 5.75 Å². The molecule has 0 radical (unpaired) electrons. The third-order valence-electron chi connectivity index (χ3n) is 5.74. The zero-order chi connectivity index (χ0) is 20.5. The Morgan fingerprint density at radius 1 is 1.20 bits per heavy atom. The maximum absolute atomic E-state index is 12.9. The molecule has 2 aromatic carbocycles. The zero-order valence-corrected chi connectivity index (χ0v) is 17.2. The summed E-state index contributed by atoms with van der Waals surface area (Å²) in [6.07, 6.45) is 6.71. The van der Waals surface area contributed by atoms with E-state index in [-0.39, 0.29) is 18.6 Å². The minimum atomic E-state index is -0.0761. The highest BCUT2D eigenvalue weighted by atomic mass is 35.5. The smallest absolute Gasteiger partial charge is 0.251 e. The maximum Gasteiger partial charge on any atom is 0.251 e. The Labute approximate surface area is 180 Å². The molecular formula is C24H22ClN3O2. The van der Waals surface area contributed by atoms with Gasteiger partial charge in [0.05, 0.1) is 24.4 Å². The monoisotopic (exact) mass is 419 g/mol. The van der Waals surface area contributed by atoms with Gasteiger partial charge in [0.15, 0.2) is 0 Å². The first-order valence-electron chi connectivity index (χ1n) is 10.2. The van der Waals surface area contributed by atoms with E-state index in [0.29, 0.717) is 12.1 Å². The van der Waals surface area contributed by atoms with E-state index in [2.05, 4.69) is 10.4 Å². The van der Waals surface area contributed by atoms with Crippen molar-refractivity contribution in [3.05, 3.63) is 87.7 Å². The van der Waals surface area contributed by atoms with E-state index in [1.807, 2.05) is 65.5 Å². The number of benzene rings is 2. The lowest BCUT2D eigenvalue weighted by Gasteiger charge is -2.25. The Morgan fingerprint density at radius 2 is 2.03 bits per heavy atom. The van der Waals surface area contributed by atoms with Gasteiger partial charge >= 0.3 is 0 Å². The van der Waals surface area contributed by atoms with Crippen LogP contribution in [0.3, 0.4) is 0 Å². The predicted octanol–water partition coefficient (Wildman–Crippen LogP) is 4.55. The molecule has 0 saturated carbocycles. The van der Waals surface area contributed by atoms with Gasteiger partial charge in [-0.25, -0.2) is 0 Å². The number of hydrogen-bond acceptors (Lipinski definition) is 3. The quantitative estimate of drug-likeness (QED) is 0.674. The van der Waals surface area contributed by atoms with Crippen LogP contribution in [0, 0.1) is 0 Å². The van der Waals surface area contributed by atoms with Crippen LogP contribution in [0.4, 0.5) is 0 Å². The summed E-state index contributed by atoms with van der Waals surface area (Å²) in [6, 6.07) is 15.6. The van der Waals surface area contributed by atoms with E-state index in [1.54, 1.807) is 0 Å². The topological polar surface area (TPSA) is 56.2 Å². The van der Waals surface area contributed by atoms with Crippen molar-refractivity contribution >= 4 is 23.6 Å². The van der Waals surface area contributed by atoms with Gasteiger partial charge in [0, 0.05) is 21.8 Å². The Morgan fingerprint density at radius 3 is 2.90 bits per heavy atom. The predicted molar refractivity (Wildman–Crippen MR) is 117 cm³/mol. The first kappa shape index (κ1) is 18.9. The molecule has 30 heavy (non-hydrogen) atoms. The number of halogens is 1. The first-order chi connectivity index (χ1) is 14.7. The number of carbonyl (C=O) groups excluding carboxylic acids is 1. The number of ether oxygens (including phenoxy) is 1. The van der Waals surface area contributed by atoms with Gasteiger partial charge in [-0.1, -0.05) is 41.9 Å². The van der Waals surface area contributed by atoms with Crippen molar-refractivity contribution in [1.82, 2.24) is 15.1 Å². The second-order valence-electron chi connectivity index (χ2n) is 7.75. The van der Waals surface area contributed by atoms with Crippen LogP contribution in [-0.2, 0) is 17.8 Å². The lowest BCUT2D eigenvalue weighted by atomic mass is 9.92. The van der Waals surface area contributed by atoms with Gasteiger partial charge in [-0.2, -0.15) is 5.10 Å². The van der Waals surface area contributed by atoms with Gasteiger partial charge < -0.3 is 10.1 Å². The molecule has 1 aliphatic carbocycles. The number of para-hydroxylation sites is 1. The van der Waals surface area contributed by atoms with Crippen LogP contribution >= 0.6 is 11.6 Å². The highest BCUT2D eigenvalue weighted by Crippen LogP contribution is 2.31. The van der Waals surface area contributed by atoms with Crippen molar-refractivity contribution in [2.75, 3.05) is 6.61 Å². The zero-order valence-electron chi connectivity index (χ0n) is 16.5. The average Bonchev–Trinajstić information content (AvgIpc) is 3.19. The fourth-order valence-corrected chi connectivity index (χ4v) is 4.29. The van der Waals surface area contributed by atoms with Crippen molar-refractivity contribution in [1.29, 1.82) is 0 Å². The van der Waals surface area contributed by atoms with Gasteiger partial charge in [0.25, 0.3) is 5.91 Å². The lowest BCUT2D eigenvalue weighted by molar-refractivity contribution is -0.118. The van der Waals surface area contributed by atoms with E-state index in [9.17, 15) is 4.79 Å². The van der Waals surface area contributed by atoms with E-state index >= 15 is 0 Å². The molecule has 0 bridgehead atoms. The van der Waals surface area contributed by atoms with Crippen LogP contribution in [0.15, 0.2) is 60.3 Å².